The van der Waals surface area contributed by atoms with Crippen molar-refractivity contribution in [2.24, 2.45) is 46.2 Å². The molecule has 9 N–H and O–H groups in total. The highest BCUT2D eigenvalue weighted by Crippen LogP contribution is 2.71. The molecule has 1 aromatic rings. The number of hydrogen-bond acceptors (Lipinski definition) is 12. The molecule has 14 nitrogen and oxygen atoms in total. The summed E-state index contributed by atoms with van der Waals surface area (Å²) in [5.41, 5.74) is 0.164. The standard InChI is InChI=1S/C41H61N3O11/c1-6-22(45)18-28-39(4)25(19-55-23-12-7-8-13-23)24-14-11-16-27(46)29(24)33(47)32(39)36(50)41(54)35(49)30(34(48)31(21(2)3)40(28,41)5)37(51)44-20-43-17-10-9-15-26(42)38(52)53/h11,14,16,21,23,25-26,28,30-32,34,36,43,46,48,50,54H,6-10,12-13,15,17-20,42H2,1-5H3,(H,44,51)(H,52,53)/t25-,26?,28-,30-,31+,32-,34?,36?,39-,40-,41+/m1/s1. The van der Waals surface area contributed by atoms with Gasteiger partial charge in [0.15, 0.2) is 17.2 Å². The Morgan fingerprint density at radius 3 is 2.36 bits per heavy atom. The summed E-state index contributed by atoms with van der Waals surface area (Å²) >= 11 is 0. The number of carbonyl (C=O) groups is 5. The Hall–Kier alpha value is -3.27. The lowest BCUT2D eigenvalue weighted by Crippen LogP contribution is -2.82. The fourth-order valence-corrected chi connectivity index (χ4v) is 11.2. The quantitative estimate of drug-likeness (QED) is 0.0685. The molecule has 0 bridgehead atoms. The van der Waals surface area contributed by atoms with E-state index in [1.165, 1.54) is 6.07 Å². The van der Waals surface area contributed by atoms with Gasteiger partial charge in [-0.05, 0) is 67.0 Å². The number of ether oxygens (including phenoxy) is 1. The molecule has 0 spiro atoms. The Bertz CT molecular complexity index is 1630. The van der Waals surface area contributed by atoms with Gasteiger partial charge < -0.3 is 41.3 Å². The van der Waals surface area contributed by atoms with Crippen LogP contribution in [0.1, 0.15) is 114 Å². The Morgan fingerprint density at radius 2 is 1.75 bits per heavy atom. The van der Waals surface area contributed by atoms with Crippen molar-refractivity contribution in [1.29, 1.82) is 0 Å². The van der Waals surface area contributed by atoms with E-state index < -0.39 is 93.6 Å². The van der Waals surface area contributed by atoms with Crippen molar-refractivity contribution in [3.63, 3.8) is 0 Å². The molecule has 0 aromatic heterocycles. The van der Waals surface area contributed by atoms with Gasteiger partial charge in [0.05, 0.1) is 37.0 Å². The van der Waals surface area contributed by atoms with Crippen LogP contribution in [0.5, 0.6) is 5.75 Å². The number of Topliss-reactive ketones (excluding diaryl/α,β-unsaturated/α-hetero) is 3. The highest BCUT2D eigenvalue weighted by Gasteiger charge is 2.80. The van der Waals surface area contributed by atoms with Gasteiger partial charge in [0, 0.05) is 24.2 Å². The van der Waals surface area contributed by atoms with Gasteiger partial charge in [0.1, 0.15) is 29.6 Å². The summed E-state index contributed by atoms with van der Waals surface area (Å²) < 4.78 is 6.52. The van der Waals surface area contributed by atoms with Gasteiger partial charge >= 0.3 is 5.97 Å². The van der Waals surface area contributed by atoms with E-state index in [0.717, 1.165) is 25.7 Å². The van der Waals surface area contributed by atoms with Crippen LogP contribution in [0, 0.1) is 40.4 Å². The first-order valence-electron chi connectivity index (χ1n) is 20.0. The number of rotatable bonds is 16. The van der Waals surface area contributed by atoms with Crippen LogP contribution in [0.2, 0.25) is 0 Å². The Balaban J connectivity index is 1.57. The van der Waals surface area contributed by atoms with Crippen LogP contribution in [0.3, 0.4) is 0 Å². The summed E-state index contributed by atoms with van der Waals surface area (Å²) in [7, 11) is 0. The largest absolute Gasteiger partial charge is 0.507 e. The molecule has 1 amide bonds. The molecule has 14 heteroatoms. The molecule has 306 valence electrons. The number of aliphatic carboxylic acids is 1. The first kappa shape index (κ1) is 42.9. The summed E-state index contributed by atoms with van der Waals surface area (Å²) in [6, 6.07) is 3.77. The molecule has 1 aromatic carbocycles. The van der Waals surface area contributed by atoms with E-state index in [1.807, 2.05) is 0 Å². The molecule has 3 unspecified atom stereocenters. The molecule has 3 fully saturated rings. The molecule has 4 aliphatic rings. The molecule has 0 saturated heterocycles. The van der Waals surface area contributed by atoms with Crippen LogP contribution in [-0.2, 0) is 23.9 Å². The average Bonchev–Trinajstić information content (AvgIpc) is 3.65. The van der Waals surface area contributed by atoms with Gasteiger partial charge in [0.2, 0.25) is 5.91 Å². The van der Waals surface area contributed by atoms with Crippen LogP contribution in [0.15, 0.2) is 18.2 Å². The van der Waals surface area contributed by atoms with Crippen molar-refractivity contribution >= 4 is 29.2 Å². The molecule has 0 aliphatic heterocycles. The summed E-state index contributed by atoms with van der Waals surface area (Å²) in [5, 5.41) is 63.7. The first-order chi connectivity index (χ1) is 25.9. The zero-order chi connectivity index (χ0) is 40.6. The maximum atomic E-state index is 14.9. The van der Waals surface area contributed by atoms with Crippen molar-refractivity contribution in [3.8, 4) is 5.75 Å². The number of hydrogen-bond donors (Lipinski definition) is 8. The lowest BCUT2D eigenvalue weighted by molar-refractivity contribution is -0.294. The number of benzene rings is 1. The van der Waals surface area contributed by atoms with Crippen LogP contribution < -0.4 is 16.4 Å². The molecule has 4 aliphatic carbocycles. The molecule has 0 heterocycles. The van der Waals surface area contributed by atoms with Crippen LogP contribution in [-0.4, -0.2) is 105 Å². The second-order valence-corrected chi connectivity index (χ2v) is 17.1. The summed E-state index contributed by atoms with van der Waals surface area (Å²) in [6.07, 6.45) is 1.25. The first-order valence-corrected chi connectivity index (χ1v) is 20.0. The van der Waals surface area contributed by atoms with E-state index in [9.17, 15) is 44.4 Å². The second-order valence-electron chi connectivity index (χ2n) is 17.1. The summed E-state index contributed by atoms with van der Waals surface area (Å²) in [5.74, 6) is -10.8. The third-order valence-electron chi connectivity index (χ3n) is 14.0. The number of aliphatic hydroxyl groups excluding tert-OH is 2. The van der Waals surface area contributed by atoms with Crippen LogP contribution >= 0.6 is 0 Å². The van der Waals surface area contributed by atoms with Gasteiger partial charge in [-0.2, -0.15) is 0 Å². The number of phenolic OH excluding ortho intramolecular Hbond substituents is 1. The lowest BCUT2D eigenvalue weighted by atomic mass is 9.33. The topological polar surface area (TPSA) is 246 Å². The Kier molecular flexibility index (Phi) is 13.0. The summed E-state index contributed by atoms with van der Waals surface area (Å²) in [6.45, 7) is 9.07. The van der Waals surface area contributed by atoms with E-state index in [4.69, 9.17) is 15.6 Å². The average molecular weight is 772 g/mol. The van der Waals surface area contributed by atoms with Gasteiger partial charge in [0.25, 0.3) is 0 Å². The van der Waals surface area contributed by atoms with E-state index in [2.05, 4.69) is 10.6 Å². The number of amides is 1. The van der Waals surface area contributed by atoms with Crippen molar-refractivity contribution in [1.82, 2.24) is 10.6 Å². The minimum Gasteiger partial charge on any atom is -0.507 e. The Morgan fingerprint density at radius 1 is 1.07 bits per heavy atom. The molecular formula is C41H61N3O11. The number of nitrogens with one attached hydrogen (secondary N) is 2. The molecule has 55 heavy (non-hydrogen) atoms. The fraction of sp³-hybridized carbons (Fsp3) is 0.732. The minimum atomic E-state index is -2.78. The van der Waals surface area contributed by atoms with Gasteiger partial charge in [-0.15, -0.1) is 0 Å². The van der Waals surface area contributed by atoms with E-state index in [1.54, 1.807) is 46.8 Å². The zero-order valence-electron chi connectivity index (χ0n) is 32.8. The van der Waals surface area contributed by atoms with Gasteiger partial charge in [-0.1, -0.05) is 66.0 Å². The van der Waals surface area contributed by atoms with E-state index in [0.29, 0.717) is 24.9 Å². The molecular weight excluding hydrogens is 710 g/mol. The number of unbranched alkanes of at least 4 members (excludes halogenated alkanes) is 1. The molecule has 5 rings (SSSR count). The highest BCUT2D eigenvalue weighted by molar-refractivity contribution is 6.10. The number of carboxylic acid groups (broad SMARTS) is 1. The zero-order valence-corrected chi connectivity index (χ0v) is 32.8. The second kappa shape index (κ2) is 16.7. The monoisotopic (exact) mass is 771 g/mol. The number of carbonyl (C=O) groups excluding carboxylic acids is 4. The van der Waals surface area contributed by atoms with E-state index >= 15 is 0 Å². The van der Waals surface area contributed by atoms with Crippen molar-refractivity contribution in [2.75, 3.05) is 19.8 Å². The third-order valence-corrected chi connectivity index (χ3v) is 14.0. The smallest absolute Gasteiger partial charge is 0.320 e. The lowest BCUT2D eigenvalue weighted by Gasteiger charge is -2.71. The maximum absolute atomic E-state index is 14.9. The number of ketones is 3. The van der Waals surface area contributed by atoms with Crippen molar-refractivity contribution in [3.05, 3.63) is 29.3 Å². The number of nitrogens with two attached hydrogens (primary N) is 1. The number of aromatic hydroxyl groups is 1. The number of carboxylic acids is 1. The van der Waals surface area contributed by atoms with E-state index in [-0.39, 0.29) is 55.7 Å². The molecule has 0 radical (unpaired) electrons. The summed E-state index contributed by atoms with van der Waals surface area (Å²) in [4.78, 5) is 68.2. The number of fused-ring (bicyclic) bond motifs is 3. The molecule has 11 atom stereocenters. The SMILES string of the molecule is CCC(=O)C[C@@H]1[C@@]2(C)[C@H](COC3CCCC3)c3cccc(O)c3C(=O)[C@@H]2C(O)[C@@]2(O)C(=O)[C@H](C(=O)NCNCCCCC(N)C(=O)O)C(O)[C@H](C(C)C)[C@@]12C. The van der Waals surface area contributed by atoms with Crippen molar-refractivity contribution < 1.29 is 54.2 Å². The number of aliphatic hydroxyl groups is 3. The molecule has 3 saturated carbocycles. The number of phenols is 1. The minimum absolute atomic E-state index is 0.0363. The normalized spacial score (nSPS) is 35.2. The third kappa shape index (κ3) is 7.16. The highest BCUT2D eigenvalue weighted by atomic mass is 16.5. The van der Waals surface area contributed by atoms with Gasteiger partial charge in [-0.3, -0.25) is 29.3 Å². The maximum Gasteiger partial charge on any atom is 0.320 e. The predicted molar refractivity (Wildman–Crippen MR) is 201 cm³/mol. The van der Waals surface area contributed by atoms with Crippen LogP contribution in [0.4, 0.5) is 0 Å². The predicted octanol–water partition coefficient (Wildman–Crippen LogP) is 2.43. The Labute approximate surface area is 323 Å². The van der Waals surface area contributed by atoms with Crippen LogP contribution in [0.25, 0.3) is 0 Å². The van der Waals surface area contributed by atoms with Gasteiger partial charge in [-0.25, -0.2) is 0 Å². The van der Waals surface area contributed by atoms with Crippen molar-refractivity contribution in [2.45, 2.75) is 128 Å². The fourth-order valence-electron chi connectivity index (χ4n) is 11.2.